The van der Waals surface area contributed by atoms with E-state index in [4.69, 9.17) is 9.47 Å². The van der Waals surface area contributed by atoms with Gasteiger partial charge in [-0.05, 0) is 40.7 Å². The summed E-state index contributed by atoms with van der Waals surface area (Å²) in [4.78, 5) is 38.4. The number of carbonyl (C=O) groups is 3. The lowest BCUT2D eigenvalue weighted by Crippen LogP contribution is -2.60. The number of hydrogen-bond donors (Lipinski definition) is 2. The monoisotopic (exact) mass is 430 g/mol. The summed E-state index contributed by atoms with van der Waals surface area (Å²) in [6.45, 7) is 7.94. The van der Waals surface area contributed by atoms with Crippen molar-refractivity contribution in [3.05, 3.63) is 9.93 Å². The van der Waals surface area contributed by atoms with Gasteiger partial charge in [0.05, 0.1) is 21.7 Å². The number of amides is 1. The highest BCUT2D eigenvalue weighted by molar-refractivity contribution is 8.23. The van der Waals surface area contributed by atoms with Crippen LogP contribution in [-0.2, 0) is 23.9 Å². The molecule has 0 spiro atoms. The molecule has 2 fully saturated rings. The molecule has 4 atom stereocenters. The molecule has 8 nitrogen and oxygen atoms in total. The normalized spacial score (nSPS) is 28.1. The molecule has 0 aromatic carbocycles. The van der Waals surface area contributed by atoms with E-state index in [-0.39, 0.29) is 17.0 Å². The molecule has 2 saturated heterocycles. The number of β-lactam (4-membered cyclic amide) rings is 1. The van der Waals surface area contributed by atoms with E-state index in [1.807, 2.05) is 0 Å². The maximum Gasteiger partial charge on any atom is 0.359 e. The first kappa shape index (κ1) is 21.5. The van der Waals surface area contributed by atoms with Crippen molar-refractivity contribution in [2.45, 2.75) is 50.8 Å². The Balaban J connectivity index is 1.70. The van der Waals surface area contributed by atoms with Crippen molar-refractivity contribution >= 4 is 41.4 Å². The van der Waals surface area contributed by atoms with Gasteiger partial charge >= 0.3 is 11.9 Å². The molecule has 0 saturated carbocycles. The number of aliphatic hydroxyl groups excluding tert-OH is 1. The molecule has 1 amide bonds. The van der Waals surface area contributed by atoms with Crippen molar-refractivity contribution in [1.29, 1.82) is 0 Å². The number of hydrogen-bond acceptors (Lipinski definition) is 9. The van der Waals surface area contributed by atoms with Crippen LogP contribution in [0.5, 0.6) is 0 Å². The summed E-state index contributed by atoms with van der Waals surface area (Å²) >= 11 is 2.97. The predicted molar refractivity (Wildman–Crippen MR) is 106 cm³/mol. The molecule has 0 aromatic rings. The number of esters is 2. The highest BCUT2D eigenvalue weighted by Crippen LogP contribution is 2.55. The second-order valence-electron chi connectivity index (χ2n) is 8.08. The Hall–Kier alpha value is -1.23. The van der Waals surface area contributed by atoms with Gasteiger partial charge in [0, 0.05) is 11.8 Å². The second kappa shape index (κ2) is 8.25. The van der Waals surface area contributed by atoms with Crippen LogP contribution in [0.25, 0.3) is 0 Å². The number of carbonyl (C=O) groups excluding carboxylic acids is 3. The minimum atomic E-state index is -0.788. The zero-order valence-electron chi connectivity index (χ0n) is 16.4. The van der Waals surface area contributed by atoms with Crippen molar-refractivity contribution in [2.75, 3.05) is 19.9 Å². The van der Waals surface area contributed by atoms with Gasteiger partial charge in [-0.15, -0.1) is 11.8 Å². The molecule has 3 heterocycles. The van der Waals surface area contributed by atoms with Gasteiger partial charge in [0.1, 0.15) is 5.37 Å². The molecule has 0 aliphatic carbocycles. The number of nitrogens with one attached hydrogen (secondary N) is 1. The third kappa shape index (κ3) is 4.19. The number of fused-ring (bicyclic) bond motifs is 1. The van der Waals surface area contributed by atoms with Crippen LogP contribution in [0.15, 0.2) is 9.93 Å². The van der Waals surface area contributed by atoms with Gasteiger partial charge in [-0.1, -0.05) is 11.8 Å². The Bertz CT molecular complexity index is 697. The van der Waals surface area contributed by atoms with Crippen molar-refractivity contribution < 1.29 is 29.0 Å². The van der Waals surface area contributed by atoms with Crippen LogP contribution in [0.1, 0.15) is 34.1 Å². The van der Waals surface area contributed by atoms with E-state index in [2.05, 4.69) is 5.32 Å². The minimum absolute atomic E-state index is 0.195. The van der Waals surface area contributed by atoms with Gasteiger partial charge in [-0.3, -0.25) is 14.5 Å². The number of ether oxygens (including phenoxy) is 2. The summed E-state index contributed by atoms with van der Waals surface area (Å²) in [5.74, 6) is -1.99. The fourth-order valence-corrected chi connectivity index (χ4v) is 6.40. The molecule has 0 radical (unpaired) electrons. The van der Waals surface area contributed by atoms with Crippen LogP contribution in [0.3, 0.4) is 0 Å². The first-order chi connectivity index (χ1) is 13.1. The molecule has 0 aromatic heterocycles. The van der Waals surface area contributed by atoms with E-state index in [1.165, 1.54) is 16.7 Å². The Morgan fingerprint density at radius 2 is 2.11 bits per heavy atom. The van der Waals surface area contributed by atoms with E-state index in [0.717, 1.165) is 23.7 Å². The lowest BCUT2D eigenvalue weighted by molar-refractivity contribution is -0.174. The standard InChI is InChI=1S/C18H26N2O6S2/c1-9(21)11-13(22)20-12(15(23)25-8-26-17(24)18(2,3)4)16(28-14(11)20)27-10-5-6-19-7-10/h9-11,14,19,21H,5-8H2,1-4H3/t9?,10?,11?,14-/m1/s1. The number of nitrogens with zero attached hydrogens (tertiary/aromatic N) is 1. The maximum atomic E-state index is 12.7. The number of aliphatic hydroxyl groups is 1. The number of rotatable bonds is 6. The molecule has 28 heavy (non-hydrogen) atoms. The van der Waals surface area contributed by atoms with E-state index >= 15 is 0 Å². The van der Waals surface area contributed by atoms with Gasteiger partial charge in [0.25, 0.3) is 0 Å². The fraction of sp³-hybridized carbons (Fsp3) is 0.722. The van der Waals surface area contributed by atoms with Crippen LogP contribution in [-0.4, -0.2) is 64.5 Å². The smallest absolute Gasteiger partial charge is 0.359 e. The Morgan fingerprint density at radius 3 is 2.68 bits per heavy atom. The van der Waals surface area contributed by atoms with Crippen molar-refractivity contribution in [3.63, 3.8) is 0 Å². The first-order valence-electron chi connectivity index (χ1n) is 9.25. The summed E-state index contributed by atoms with van der Waals surface area (Å²) < 4.78 is 10.9. The average molecular weight is 431 g/mol. The van der Waals surface area contributed by atoms with E-state index < -0.39 is 36.2 Å². The highest BCUT2D eigenvalue weighted by atomic mass is 32.2. The molecule has 0 bridgehead atoms. The van der Waals surface area contributed by atoms with Crippen molar-refractivity contribution in [3.8, 4) is 0 Å². The minimum Gasteiger partial charge on any atom is -0.427 e. The maximum absolute atomic E-state index is 12.7. The zero-order valence-corrected chi connectivity index (χ0v) is 18.0. The van der Waals surface area contributed by atoms with Crippen molar-refractivity contribution in [2.24, 2.45) is 11.3 Å². The van der Waals surface area contributed by atoms with E-state index in [1.54, 1.807) is 39.5 Å². The van der Waals surface area contributed by atoms with E-state index in [0.29, 0.717) is 5.25 Å². The van der Waals surface area contributed by atoms with Crippen LogP contribution in [0.2, 0.25) is 0 Å². The van der Waals surface area contributed by atoms with Crippen LogP contribution < -0.4 is 5.32 Å². The van der Waals surface area contributed by atoms with Gasteiger partial charge < -0.3 is 19.9 Å². The highest BCUT2D eigenvalue weighted by Gasteiger charge is 2.58. The SMILES string of the molecule is CC(O)C1C(=O)N2C(C(=O)OCOC(=O)C(C)(C)C)=C(SC3CCNC3)S[C@H]12. The third-order valence-corrected chi connectivity index (χ3v) is 7.61. The lowest BCUT2D eigenvalue weighted by Gasteiger charge is -2.43. The second-order valence-corrected chi connectivity index (χ2v) is 10.8. The quantitative estimate of drug-likeness (QED) is 0.366. The van der Waals surface area contributed by atoms with Gasteiger partial charge in [0.15, 0.2) is 5.70 Å². The molecule has 3 unspecified atom stereocenters. The Kier molecular flexibility index (Phi) is 6.33. The van der Waals surface area contributed by atoms with Gasteiger partial charge in [0.2, 0.25) is 12.7 Å². The molecule has 3 aliphatic rings. The Morgan fingerprint density at radius 1 is 1.39 bits per heavy atom. The summed E-state index contributed by atoms with van der Waals surface area (Å²) in [6, 6.07) is 0. The van der Waals surface area contributed by atoms with Crippen LogP contribution in [0.4, 0.5) is 0 Å². The predicted octanol–water partition coefficient (Wildman–Crippen LogP) is 1.25. The molecular formula is C18H26N2O6S2. The summed E-state index contributed by atoms with van der Waals surface area (Å²) in [6.07, 6.45) is 0.183. The van der Waals surface area contributed by atoms with Gasteiger partial charge in [-0.2, -0.15) is 0 Å². The molecule has 3 aliphatic heterocycles. The largest absolute Gasteiger partial charge is 0.427 e. The van der Waals surface area contributed by atoms with Crippen molar-refractivity contribution in [1.82, 2.24) is 10.2 Å². The van der Waals surface area contributed by atoms with Crippen LogP contribution >= 0.6 is 23.5 Å². The summed E-state index contributed by atoms with van der Waals surface area (Å²) in [7, 11) is 0. The molecule has 156 valence electrons. The summed E-state index contributed by atoms with van der Waals surface area (Å²) in [5, 5.41) is 13.2. The number of thioether (sulfide) groups is 2. The third-order valence-electron chi connectivity index (χ3n) is 4.74. The summed E-state index contributed by atoms with van der Waals surface area (Å²) in [5.41, 5.74) is -0.505. The molecule has 3 rings (SSSR count). The molecular weight excluding hydrogens is 404 g/mol. The molecule has 2 N–H and O–H groups in total. The van der Waals surface area contributed by atoms with Gasteiger partial charge in [-0.25, -0.2) is 4.79 Å². The average Bonchev–Trinajstić information content (AvgIpc) is 3.20. The fourth-order valence-electron chi connectivity index (χ4n) is 3.13. The first-order valence-corrected chi connectivity index (χ1v) is 11.0. The lowest BCUT2D eigenvalue weighted by atomic mass is 9.92. The Labute approximate surface area is 172 Å². The van der Waals surface area contributed by atoms with Crippen LogP contribution in [0, 0.1) is 11.3 Å². The zero-order chi connectivity index (χ0) is 20.6. The van der Waals surface area contributed by atoms with E-state index in [9.17, 15) is 19.5 Å². The molecule has 10 heteroatoms. The topological polar surface area (TPSA) is 105 Å².